The number of aliphatic hydroxyl groups excluding tert-OH is 1. The van der Waals surface area contributed by atoms with Crippen LogP contribution in [0.15, 0.2) is 60.8 Å². The first-order chi connectivity index (χ1) is 39.0. The summed E-state index contributed by atoms with van der Waals surface area (Å²) in [6.45, 7) is 4.81. The minimum atomic E-state index is -4.34. The fraction of sp³-hybridized carbons (Fsp3) is 0.845. The van der Waals surface area contributed by atoms with E-state index in [2.05, 4.69) is 79.9 Å². The van der Waals surface area contributed by atoms with Gasteiger partial charge in [-0.2, -0.15) is 0 Å². The summed E-state index contributed by atoms with van der Waals surface area (Å²) in [6.07, 6.45) is 84.7. The van der Waals surface area contributed by atoms with E-state index in [4.69, 9.17) is 9.05 Å². The highest BCUT2D eigenvalue weighted by Gasteiger charge is 2.28. The maximum absolute atomic E-state index is 13.1. The maximum atomic E-state index is 13.1. The second-order valence-corrected chi connectivity index (χ2v) is 26.3. The number of unbranched alkanes of at least 4 members (excludes halogenated alkanes) is 41. The largest absolute Gasteiger partial charge is 0.472 e. The summed E-state index contributed by atoms with van der Waals surface area (Å²) in [4.78, 5) is 23.4. The van der Waals surface area contributed by atoms with Crippen molar-refractivity contribution in [1.29, 1.82) is 0 Å². The fourth-order valence-corrected chi connectivity index (χ4v) is 11.2. The number of quaternary nitrogens is 1. The van der Waals surface area contributed by atoms with E-state index in [0.717, 1.165) is 77.0 Å². The Morgan fingerprint density at radius 2 is 0.750 bits per heavy atom. The Labute approximate surface area is 498 Å². The number of carbonyl (C=O) groups excluding carboxylic acids is 1. The third kappa shape index (κ3) is 63.8. The zero-order chi connectivity index (χ0) is 58.4. The van der Waals surface area contributed by atoms with Crippen LogP contribution in [-0.2, 0) is 18.4 Å². The number of nitrogens with one attached hydrogen (secondary N) is 1. The highest BCUT2D eigenvalue weighted by atomic mass is 31.2. The van der Waals surface area contributed by atoms with Crippen LogP contribution in [0, 0.1) is 0 Å². The summed E-state index contributed by atoms with van der Waals surface area (Å²) in [7, 11) is 1.62. The van der Waals surface area contributed by atoms with Gasteiger partial charge in [0, 0.05) is 6.42 Å². The number of likely N-dealkylation sites (N-methyl/N-ethyl adjacent to an activating group) is 1. The van der Waals surface area contributed by atoms with Gasteiger partial charge < -0.3 is 19.8 Å². The van der Waals surface area contributed by atoms with Crippen LogP contribution in [0.5, 0.6) is 0 Å². The number of rotatable bonds is 64. The number of carbonyl (C=O) groups is 1. The molecule has 8 nitrogen and oxygen atoms in total. The predicted molar refractivity (Wildman–Crippen MR) is 350 cm³/mol. The molecule has 0 aliphatic heterocycles. The van der Waals surface area contributed by atoms with Gasteiger partial charge in [0.2, 0.25) is 5.91 Å². The Bertz CT molecular complexity index is 1490. The average molecular weight is 1140 g/mol. The van der Waals surface area contributed by atoms with Gasteiger partial charge in [-0.05, 0) is 57.8 Å². The van der Waals surface area contributed by atoms with Crippen LogP contribution in [-0.4, -0.2) is 73.4 Å². The molecule has 0 radical (unpaired) electrons. The summed E-state index contributed by atoms with van der Waals surface area (Å²) < 4.78 is 23.9. The van der Waals surface area contributed by atoms with Crippen molar-refractivity contribution in [1.82, 2.24) is 5.32 Å². The van der Waals surface area contributed by atoms with E-state index in [-0.39, 0.29) is 19.1 Å². The first-order valence-electron chi connectivity index (χ1n) is 34.7. The van der Waals surface area contributed by atoms with E-state index in [1.165, 1.54) is 231 Å². The molecule has 3 N–H and O–H groups in total. The van der Waals surface area contributed by atoms with E-state index in [0.29, 0.717) is 23.9 Å². The third-order valence-corrected chi connectivity index (χ3v) is 16.8. The first kappa shape index (κ1) is 78.2. The quantitative estimate of drug-likeness (QED) is 0.0243. The van der Waals surface area contributed by atoms with Gasteiger partial charge in [0.05, 0.1) is 39.9 Å². The zero-order valence-electron chi connectivity index (χ0n) is 53.8. The van der Waals surface area contributed by atoms with E-state index in [1.54, 1.807) is 0 Å². The van der Waals surface area contributed by atoms with Crippen LogP contribution in [0.1, 0.15) is 335 Å². The highest BCUT2D eigenvalue weighted by molar-refractivity contribution is 7.47. The Morgan fingerprint density at radius 1 is 0.438 bits per heavy atom. The molecule has 0 aliphatic carbocycles. The average Bonchev–Trinajstić information content (AvgIpc) is 3.42. The number of amides is 1. The molecule has 0 saturated carbocycles. The number of hydrogen-bond acceptors (Lipinski definition) is 5. The van der Waals surface area contributed by atoms with E-state index >= 15 is 0 Å². The van der Waals surface area contributed by atoms with Gasteiger partial charge in [0.25, 0.3) is 0 Å². The van der Waals surface area contributed by atoms with Crippen LogP contribution in [0.25, 0.3) is 0 Å². The van der Waals surface area contributed by atoms with Crippen LogP contribution >= 0.6 is 7.82 Å². The lowest BCUT2D eigenvalue weighted by Crippen LogP contribution is -2.46. The molecule has 0 aromatic heterocycles. The fourth-order valence-electron chi connectivity index (χ4n) is 10.4. The third-order valence-electron chi connectivity index (χ3n) is 15.8. The summed E-state index contributed by atoms with van der Waals surface area (Å²) in [5, 5.41) is 14.1. The Kier molecular flexibility index (Phi) is 60.4. The minimum Gasteiger partial charge on any atom is -0.391 e. The highest BCUT2D eigenvalue weighted by Crippen LogP contribution is 2.43. The molecule has 0 spiro atoms. The number of phosphoric ester groups is 1. The number of nitrogens with zero attached hydrogens (tertiary/aromatic N) is 1. The summed E-state index contributed by atoms with van der Waals surface area (Å²) in [5.74, 6) is -0.148. The van der Waals surface area contributed by atoms with Crippen molar-refractivity contribution in [2.75, 3.05) is 40.9 Å². The van der Waals surface area contributed by atoms with Crippen molar-refractivity contribution >= 4 is 13.7 Å². The molecule has 0 bridgehead atoms. The SMILES string of the molecule is CC/C=C\C/C=C\C/C=C\C/C=C\C/C=C\CCCCCCCCCCCC(=O)NC(COP(=O)(O)OCC[N+](C)(C)C)C(O)CCCCCCCCCCCCCCCCCCCCCCCCCCCCCCCCCCC. The number of aliphatic hydroxyl groups is 1. The molecular weight excluding hydrogens is 1010 g/mol. The molecule has 3 atom stereocenters. The molecule has 0 fully saturated rings. The lowest BCUT2D eigenvalue weighted by atomic mass is 10.0. The number of phosphoric acid groups is 1. The lowest BCUT2D eigenvalue weighted by molar-refractivity contribution is -0.870. The van der Waals surface area contributed by atoms with E-state index in [1.807, 2.05) is 21.1 Å². The maximum Gasteiger partial charge on any atom is 0.472 e. The minimum absolute atomic E-state index is 0.0718. The predicted octanol–water partition coefficient (Wildman–Crippen LogP) is 22.0. The molecule has 80 heavy (non-hydrogen) atoms. The van der Waals surface area contributed by atoms with Crippen molar-refractivity contribution < 1.29 is 32.9 Å². The molecule has 1 amide bonds. The van der Waals surface area contributed by atoms with Crippen LogP contribution in [0.3, 0.4) is 0 Å². The standard InChI is InChI=1S/C71H135N2O6P/c1-6-8-10-12-14-16-18-20-22-24-26-28-30-32-33-34-35-36-37-38-39-41-42-44-46-48-50-52-54-56-58-60-62-64-70(74)69(68-79-80(76,77)78-67-66-73(3,4)5)72-71(75)65-63-61-59-57-55-53-51-49-47-45-43-40-31-29-27-25-23-21-19-17-15-13-11-9-7-2/h9,11,15,17,21,23,27,29,40,43,69-70,74H,6-8,10,12-14,16,18-20,22,24-26,28,30-39,41-42,44-68H2,1-5H3,(H-,72,75,76,77)/p+1/b11-9-,17-15-,23-21-,29-27-,43-40-. The van der Waals surface area contributed by atoms with Gasteiger partial charge in [0.1, 0.15) is 13.2 Å². The van der Waals surface area contributed by atoms with Crippen LogP contribution in [0.2, 0.25) is 0 Å². The van der Waals surface area contributed by atoms with Gasteiger partial charge in [-0.15, -0.1) is 0 Å². The van der Waals surface area contributed by atoms with Crippen molar-refractivity contribution in [3.63, 3.8) is 0 Å². The Morgan fingerprint density at radius 3 is 1.10 bits per heavy atom. The molecule has 0 saturated heterocycles. The Balaban J connectivity index is 4.03. The van der Waals surface area contributed by atoms with Gasteiger partial charge in [-0.1, -0.05) is 331 Å². The smallest absolute Gasteiger partial charge is 0.391 e. The summed E-state index contributed by atoms with van der Waals surface area (Å²) >= 11 is 0. The molecule has 9 heteroatoms. The van der Waals surface area contributed by atoms with Gasteiger partial charge in [0.15, 0.2) is 0 Å². The first-order valence-corrected chi connectivity index (χ1v) is 36.1. The second kappa shape index (κ2) is 61.8. The zero-order valence-corrected chi connectivity index (χ0v) is 54.7. The normalized spacial score (nSPS) is 14.0. The van der Waals surface area contributed by atoms with Gasteiger partial charge in [-0.3, -0.25) is 13.8 Å². The molecule has 0 aliphatic rings. The molecule has 0 rings (SSSR count). The van der Waals surface area contributed by atoms with Gasteiger partial charge in [-0.25, -0.2) is 4.57 Å². The molecule has 0 heterocycles. The van der Waals surface area contributed by atoms with Crippen LogP contribution < -0.4 is 5.32 Å². The molecular formula is C71H136N2O6P+. The molecule has 470 valence electrons. The topological polar surface area (TPSA) is 105 Å². The van der Waals surface area contributed by atoms with Crippen molar-refractivity contribution in [3.05, 3.63) is 60.8 Å². The summed E-state index contributed by atoms with van der Waals surface area (Å²) in [6, 6.07) is -0.769. The van der Waals surface area contributed by atoms with Crippen molar-refractivity contribution in [3.8, 4) is 0 Å². The Hall–Kier alpha value is -1.80. The lowest BCUT2D eigenvalue weighted by Gasteiger charge is -2.26. The number of allylic oxidation sites excluding steroid dienone is 10. The van der Waals surface area contributed by atoms with E-state index in [9.17, 15) is 19.4 Å². The van der Waals surface area contributed by atoms with Crippen molar-refractivity contribution in [2.45, 2.75) is 347 Å². The second-order valence-electron chi connectivity index (χ2n) is 24.9. The van der Waals surface area contributed by atoms with Crippen LogP contribution in [0.4, 0.5) is 0 Å². The molecule has 0 aromatic rings. The molecule has 3 unspecified atom stereocenters. The van der Waals surface area contributed by atoms with Gasteiger partial charge >= 0.3 is 7.82 Å². The number of hydrogen-bond donors (Lipinski definition) is 3. The van der Waals surface area contributed by atoms with Crippen molar-refractivity contribution in [2.24, 2.45) is 0 Å². The molecule has 0 aromatic carbocycles. The van der Waals surface area contributed by atoms with E-state index < -0.39 is 20.0 Å². The summed E-state index contributed by atoms with van der Waals surface area (Å²) in [5.41, 5.74) is 0. The monoisotopic (exact) mass is 1140 g/mol.